The lowest BCUT2D eigenvalue weighted by atomic mass is 9.93. The van der Waals surface area contributed by atoms with Gasteiger partial charge in [-0.15, -0.1) is 0 Å². The van der Waals surface area contributed by atoms with E-state index in [4.69, 9.17) is 4.74 Å². The van der Waals surface area contributed by atoms with Crippen LogP contribution in [0.4, 0.5) is 4.39 Å². The molecule has 1 aromatic carbocycles. The highest BCUT2D eigenvalue weighted by atomic mass is 79.9. The van der Waals surface area contributed by atoms with Gasteiger partial charge in [-0.05, 0) is 49.1 Å². The fourth-order valence-electron chi connectivity index (χ4n) is 2.52. The van der Waals surface area contributed by atoms with Crippen molar-refractivity contribution in [3.63, 3.8) is 0 Å². The fraction of sp³-hybridized carbons (Fsp3) is 0.625. The molecule has 0 aliphatic rings. The minimum Gasteiger partial charge on any atom is -0.380 e. The Morgan fingerprint density at radius 3 is 2.50 bits per heavy atom. The van der Waals surface area contributed by atoms with Crippen LogP contribution in [0, 0.1) is 11.7 Å². The molecule has 4 heteroatoms. The van der Waals surface area contributed by atoms with E-state index in [2.05, 4.69) is 42.0 Å². The summed E-state index contributed by atoms with van der Waals surface area (Å²) in [4.78, 5) is 0. The summed E-state index contributed by atoms with van der Waals surface area (Å²) >= 11 is 3.35. The maximum absolute atomic E-state index is 13.5. The molecule has 2 atom stereocenters. The molecule has 0 spiro atoms. The highest BCUT2D eigenvalue weighted by Crippen LogP contribution is 2.19. The van der Waals surface area contributed by atoms with Crippen molar-refractivity contribution in [1.82, 2.24) is 5.32 Å². The number of methoxy groups -OCH3 is 1. The summed E-state index contributed by atoms with van der Waals surface area (Å²) in [7, 11) is 1.74. The van der Waals surface area contributed by atoms with Gasteiger partial charge in [0.05, 0.1) is 6.10 Å². The van der Waals surface area contributed by atoms with E-state index >= 15 is 0 Å². The molecule has 0 fully saturated rings. The molecule has 20 heavy (non-hydrogen) atoms. The van der Waals surface area contributed by atoms with E-state index in [-0.39, 0.29) is 18.0 Å². The number of ether oxygens (including phenoxy) is 1. The Balaban J connectivity index is 2.87. The maximum atomic E-state index is 13.5. The summed E-state index contributed by atoms with van der Waals surface area (Å²) in [5.41, 5.74) is 0.980. The van der Waals surface area contributed by atoms with Crippen molar-refractivity contribution in [2.45, 2.75) is 45.8 Å². The average Bonchev–Trinajstić information content (AvgIpc) is 2.34. The third-order valence-corrected chi connectivity index (χ3v) is 3.82. The Morgan fingerprint density at radius 2 is 2.00 bits per heavy atom. The van der Waals surface area contributed by atoms with Crippen LogP contribution in [-0.4, -0.2) is 25.8 Å². The van der Waals surface area contributed by atoms with E-state index < -0.39 is 0 Å². The molecule has 0 aliphatic heterocycles. The maximum Gasteiger partial charge on any atom is 0.124 e. The monoisotopic (exact) mass is 345 g/mol. The van der Waals surface area contributed by atoms with Crippen LogP contribution < -0.4 is 5.32 Å². The van der Waals surface area contributed by atoms with Crippen molar-refractivity contribution in [3.05, 3.63) is 34.1 Å². The van der Waals surface area contributed by atoms with Crippen molar-refractivity contribution in [3.8, 4) is 0 Å². The van der Waals surface area contributed by atoms with E-state index in [0.29, 0.717) is 5.92 Å². The summed E-state index contributed by atoms with van der Waals surface area (Å²) in [5, 5.41) is 3.53. The van der Waals surface area contributed by atoms with E-state index in [1.165, 1.54) is 6.07 Å². The minimum atomic E-state index is -0.206. The van der Waals surface area contributed by atoms with Gasteiger partial charge in [0.2, 0.25) is 0 Å². The quantitative estimate of drug-likeness (QED) is 0.763. The minimum absolute atomic E-state index is 0.114. The van der Waals surface area contributed by atoms with E-state index in [0.717, 1.165) is 29.4 Å². The Hall–Kier alpha value is -0.450. The second-order valence-electron chi connectivity index (χ2n) is 5.49. The smallest absolute Gasteiger partial charge is 0.124 e. The van der Waals surface area contributed by atoms with Crippen molar-refractivity contribution < 1.29 is 9.13 Å². The van der Waals surface area contributed by atoms with Crippen LogP contribution in [0.3, 0.4) is 0 Å². The van der Waals surface area contributed by atoms with Gasteiger partial charge >= 0.3 is 0 Å². The first-order chi connectivity index (χ1) is 9.47. The lowest BCUT2D eigenvalue weighted by molar-refractivity contribution is 0.0332. The van der Waals surface area contributed by atoms with Crippen LogP contribution in [-0.2, 0) is 11.2 Å². The number of hydrogen-bond acceptors (Lipinski definition) is 2. The largest absolute Gasteiger partial charge is 0.380 e. The first-order valence-electron chi connectivity index (χ1n) is 7.19. The summed E-state index contributed by atoms with van der Waals surface area (Å²) in [6.45, 7) is 7.38. The fourth-order valence-corrected chi connectivity index (χ4v) is 3.03. The molecule has 1 aromatic rings. The molecule has 0 aromatic heterocycles. The molecule has 0 amide bonds. The lowest BCUT2D eigenvalue weighted by Gasteiger charge is -2.30. The van der Waals surface area contributed by atoms with E-state index in [1.54, 1.807) is 13.2 Å². The summed E-state index contributed by atoms with van der Waals surface area (Å²) < 4.78 is 19.9. The number of hydrogen-bond donors (Lipinski definition) is 1. The lowest BCUT2D eigenvalue weighted by Crippen LogP contribution is -2.45. The molecule has 0 bridgehead atoms. The molecule has 2 unspecified atom stereocenters. The van der Waals surface area contributed by atoms with E-state index in [9.17, 15) is 4.39 Å². The topological polar surface area (TPSA) is 21.3 Å². The Labute approximate surface area is 130 Å². The molecular formula is C16H25BrFNO. The van der Waals surface area contributed by atoms with Gasteiger partial charge in [0.15, 0.2) is 0 Å². The zero-order valence-corrected chi connectivity index (χ0v) is 14.3. The Kier molecular flexibility index (Phi) is 7.70. The third-order valence-electron chi connectivity index (χ3n) is 3.36. The molecule has 0 heterocycles. The molecule has 114 valence electrons. The van der Waals surface area contributed by atoms with Crippen LogP contribution in [0.5, 0.6) is 0 Å². The second kappa shape index (κ2) is 8.75. The van der Waals surface area contributed by atoms with Gasteiger partial charge < -0.3 is 10.1 Å². The van der Waals surface area contributed by atoms with Crippen LogP contribution in [0.2, 0.25) is 0 Å². The molecule has 1 rings (SSSR count). The van der Waals surface area contributed by atoms with Crippen molar-refractivity contribution in [2.24, 2.45) is 5.92 Å². The van der Waals surface area contributed by atoms with Gasteiger partial charge in [0.25, 0.3) is 0 Å². The zero-order chi connectivity index (χ0) is 15.1. The van der Waals surface area contributed by atoms with Crippen LogP contribution in [0.25, 0.3) is 0 Å². The normalized spacial score (nSPS) is 14.6. The Morgan fingerprint density at radius 1 is 1.30 bits per heavy atom. The van der Waals surface area contributed by atoms with Crippen LogP contribution >= 0.6 is 15.9 Å². The van der Waals surface area contributed by atoms with Gasteiger partial charge in [0, 0.05) is 17.6 Å². The summed E-state index contributed by atoms with van der Waals surface area (Å²) in [6.07, 6.45) is 1.94. The number of benzene rings is 1. The molecule has 2 nitrogen and oxygen atoms in total. The van der Waals surface area contributed by atoms with Crippen molar-refractivity contribution in [2.75, 3.05) is 13.7 Å². The average molecular weight is 346 g/mol. The molecule has 0 saturated carbocycles. The number of nitrogens with one attached hydrogen (secondary N) is 1. The Bertz CT molecular complexity index is 391. The molecule has 1 N–H and O–H groups in total. The third kappa shape index (κ3) is 5.51. The van der Waals surface area contributed by atoms with Crippen molar-refractivity contribution >= 4 is 15.9 Å². The number of halogens is 2. The molecular weight excluding hydrogens is 321 g/mol. The first kappa shape index (κ1) is 17.6. The summed E-state index contributed by atoms with van der Waals surface area (Å²) in [5.74, 6) is 0.202. The van der Waals surface area contributed by atoms with E-state index in [1.807, 2.05) is 6.07 Å². The molecule has 0 saturated heterocycles. The van der Waals surface area contributed by atoms with Crippen LogP contribution in [0.15, 0.2) is 22.7 Å². The van der Waals surface area contributed by atoms with Gasteiger partial charge in [-0.25, -0.2) is 4.39 Å². The molecule has 0 aliphatic carbocycles. The SMILES string of the molecule is CCCNC(Cc1cc(F)cc(Br)c1)C(OC)C(C)C. The zero-order valence-electron chi connectivity index (χ0n) is 12.7. The second-order valence-corrected chi connectivity index (χ2v) is 6.40. The number of rotatable bonds is 8. The van der Waals surface area contributed by atoms with Gasteiger partial charge in [-0.2, -0.15) is 0 Å². The van der Waals surface area contributed by atoms with Gasteiger partial charge in [-0.3, -0.25) is 0 Å². The van der Waals surface area contributed by atoms with Gasteiger partial charge in [-0.1, -0.05) is 36.7 Å². The highest BCUT2D eigenvalue weighted by Gasteiger charge is 2.24. The predicted octanol–water partition coefficient (Wildman–Crippen LogP) is 4.17. The van der Waals surface area contributed by atoms with Crippen molar-refractivity contribution in [1.29, 1.82) is 0 Å². The predicted molar refractivity (Wildman–Crippen MR) is 85.5 cm³/mol. The molecule has 0 radical (unpaired) electrons. The standard InChI is InChI=1S/C16H25BrFNO/c1-5-6-19-15(16(20-4)11(2)3)9-12-7-13(17)10-14(18)8-12/h7-8,10-11,15-16,19H,5-6,9H2,1-4H3. The summed E-state index contributed by atoms with van der Waals surface area (Å²) in [6, 6.07) is 5.23. The van der Waals surface area contributed by atoms with Crippen LogP contribution in [0.1, 0.15) is 32.8 Å². The highest BCUT2D eigenvalue weighted by molar-refractivity contribution is 9.10. The first-order valence-corrected chi connectivity index (χ1v) is 7.98. The van der Waals surface area contributed by atoms with Gasteiger partial charge in [0.1, 0.15) is 5.82 Å².